The first-order valence-electron chi connectivity index (χ1n) is 17.0. The van der Waals surface area contributed by atoms with Crippen molar-refractivity contribution in [2.24, 2.45) is 5.41 Å². The summed E-state index contributed by atoms with van der Waals surface area (Å²) in [6.45, 7) is 6.25. The first-order chi connectivity index (χ1) is 24.3. The molecule has 0 spiro atoms. The molecule has 4 aromatic rings. The standard InChI is InChI=1S/C39H41FN4O7/c1-38(2,3)51-37(48)44-17-5-6-27(44)22-41-35(47)30-20-29-31(21-32(30)49-4)42-23-43-36(29)50-28-13-9-25(10-14-28)19-34(46)39(15-16-39)33(45)18-24-7-11-26(40)12-8-24/h7-14,20-21,23,27H,5-6,15-19,22H2,1-4H3,(H,41,47)/t27-/m1/s1. The van der Waals surface area contributed by atoms with Crippen molar-refractivity contribution in [2.45, 2.75) is 70.9 Å². The molecule has 1 aliphatic heterocycles. The van der Waals surface area contributed by atoms with Crippen LogP contribution in [0, 0.1) is 11.2 Å². The Kier molecular flexibility index (Phi) is 10.0. The number of rotatable bonds is 12. The Labute approximate surface area is 295 Å². The number of hydrogen-bond donors (Lipinski definition) is 1. The van der Waals surface area contributed by atoms with Gasteiger partial charge in [-0.25, -0.2) is 19.2 Å². The van der Waals surface area contributed by atoms with Gasteiger partial charge in [0, 0.05) is 32.0 Å². The predicted molar refractivity (Wildman–Crippen MR) is 186 cm³/mol. The van der Waals surface area contributed by atoms with E-state index in [9.17, 15) is 23.6 Å². The third-order valence-electron chi connectivity index (χ3n) is 9.27. The van der Waals surface area contributed by atoms with Crippen LogP contribution in [0.4, 0.5) is 9.18 Å². The summed E-state index contributed by atoms with van der Waals surface area (Å²) in [5.41, 5.74) is 0.566. The van der Waals surface area contributed by atoms with Crippen LogP contribution in [0.25, 0.3) is 10.9 Å². The number of likely N-dealkylation sites (tertiary alicyclic amines) is 1. The second kappa shape index (κ2) is 14.5. The van der Waals surface area contributed by atoms with Gasteiger partial charge in [0.25, 0.3) is 5.91 Å². The number of hydrogen-bond acceptors (Lipinski definition) is 9. The summed E-state index contributed by atoms with van der Waals surface area (Å²) < 4.78 is 30.5. The van der Waals surface area contributed by atoms with Crippen LogP contribution in [0.1, 0.15) is 67.9 Å². The molecule has 2 fully saturated rings. The normalized spacial score (nSPS) is 16.4. The minimum absolute atomic E-state index is 0.0914. The molecule has 11 nitrogen and oxygen atoms in total. The quantitative estimate of drug-likeness (QED) is 0.167. The minimum atomic E-state index is -0.983. The number of nitrogens with zero attached hydrogens (tertiary/aromatic N) is 3. The van der Waals surface area contributed by atoms with Crippen molar-refractivity contribution in [3.63, 3.8) is 0 Å². The molecule has 2 amide bonds. The van der Waals surface area contributed by atoms with Gasteiger partial charge in [-0.3, -0.25) is 14.4 Å². The third-order valence-corrected chi connectivity index (χ3v) is 9.27. The largest absolute Gasteiger partial charge is 0.496 e. The molecule has 3 aromatic carbocycles. The zero-order chi connectivity index (χ0) is 36.3. The maximum Gasteiger partial charge on any atom is 0.410 e. The molecular formula is C39H41FN4O7. The van der Waals surface area contributed by atoms with E-state index in [0.717, 1.165) is 18.4 Å². The second-order valence-electron chi connectivity index (χ2n) is 14.1. The number of carbonyl (C=O) groups excluding carboxylic acids is 4. The van der Waals surface area contributed by atoms with Gasteiger partial charge < -0.3 is 24.4 Å². The number of carbonyl (C=O) groups is 4. The molecule has 1 aliphatic carbocycles. The smallest absolute Gasteiger partial charge is 0.410 e. The van der Waals surface area contributed by atoms with Crippen LogP contribution < -0.4 is 14.8 Å². The van der Waals surface area contributed by atoms with E-state index in [1.807, 2.05) is 20.8 Å². The van der Waals surface area contributed by atoms with E-state index in [0.29, 0.717) is 47.4 Å². The van der Waals surface area contributed by atoms with Gasteiger partial charge in [0.1, 0.15) is 29.2 Å². The number of ether oxygens (including phenoxy) is 3. The van der Waals surface area contributed by atoms with Crippen LogP contribution >= 0.6 is 0 Å². The number of Topliss-reactive ketones (excluding diaryl/α,β-unsaturated/α-hetero) is 2. The van der Waals surface area contributed by atoms with Crippen LogP contribution in [0.3, 0.4) is 0 Å². The maximum absolute atomic E-state index is 13.5. The van der Waals surface area contributed by atoms with Gasteiger partial charge in [-0.2, -0.15) is 0 Å². The molecule has 6 rings (SSSR count). The molecule has 0 radical (unpaired) electrons. The Morgan fingerprint density at radius 2 is 1.59 bits per heavy atom. The van der Waals surface area contributed by atoms with E-state index in [1.165, 1.54) is 25.6 Å². The average molecular weight is 697 g/mol. The van der Waals surface area contributed by atoms with E-state index in [-0.39, 0.29) is 54.3 Å². The highest BCUT2D eigenvalue weighted by Gasteiger charge is 2.54. The number of aromatic nitrogens is 2. The lowest BCUT2D eigenvalue weighted by Gasteiger charge is -2.28. The second-order valence-corrected chi connectivity index (χ2v) is 14.1. The first kappa shape index (κ1) is 35.4. The number of amides is 2. The topological polar surface area (TPSA) is 137 Å². The van der Waals surface area contributed by atoms with Crippen molar-refractivity contribution in [1.29, 1.82) is 0 Å². The molecular weight excluding hydrogens is 655 g/mol. The Morgan fingerprint density at radius 3 is 2.20 bits per heavy atom. The minimum Gasteiger partial charge on any atom is -0.496 e. The van der Waals surface area contributed by atoms with Gasteiger partial charge in [0.05, 0.1) is 35.0 Å². The van der Waals surface area contributed by atoms with Crippen LogP contribution in [0.5, 0.6) is 17.4 Å². The molecule has 266 valence electrons. The molecule has 0 unspecified atom stereocenters. The first-order valence-corrected chi connectivity index (χ1v) is 17.0. The van der Waals surface area contributed by atoms with E-state index in [4.69, 9.17) is 14.2 Å². The van der Waals surface area contributed by atoms with Gasteiger partial charge in [0.2, 0.25) is 5.88 Å². The summed E-state index contributed by atoms with van der Waals surface area (Å²) in [5.74, 6) is -0.0460. The maximum atomic E-state index is 13.5. The van der Waals surface area contributed by atoms with Gasteiger partial charge in [-0.1, -0.05) is 24.3 Å². The van der Waals surface area contributed by atoms with E-state index < -0.39 is 23.0 Å². The predicted octanol–water partition coefficient (Wildman–Crippen LogP) is 6.40. The van der Waals surface area contributed by atoms with E-state index >= 15 is 0 Å². The van der Waals surface area contributed by atoms with Gasteiger partial charge >= 0.3 is 6.09 Å². The fraction of sp³-hybridized carbons (Fsp3) is 0.385. The number of ketones is 2. The van der Waals surface area contributed by atoms with E-state index in [2.05, 4.69) is 15.3 Å². The summed E-state index contributed by atoms with van der Waals surface area (Å²) in [7, 11) is 1.47. The molecule has 2 heterocycles. The van der Waals surface area contributed by atoms with Crippen molar-refractivity contribution in [3.8, 4) is 17.4 Å². The fourth-order valence-electron chi connectivity index (χ4n) is 6.34. The number of benzene rings is 3. The summed E-state index contributed by atoms with van der Waals surface area (Å²) in [4.78, 5) is 62.8. The lowest BCUT2D eigenvalue weighted by Crippen LogP contribution is -2.45. The molecule has 2 aliphatic rings. The molecule has 1 saturated carbocycles. The highest BCUT2D eigenvalue weighted by Crippen LogP contribution is 2.49. The number of halogens is 1. The zero-order valence-corrected chi connectivity index (χ0v) is 29.2. The highest BCUT2D eigenvalue weighted by atomic mass is 19.1. The monoisotopic (exact) mass is 696 g/mol. The lowest BCUT2D eigenvalue weighted by molar-refractivity contribution is -0.133. The van der Waals surface area contributed by atoms with Gasteiger partial charge in [0.15, 0.2) is 11.6 Å². The van der Waals surface area contributed by atoms with Crippen molar-refractivity contribution in [3.05, 3.63) is 89.5 Å². The number of fused-ring (bicyclic) bond motifs is 1. The number of nitrogens with one attached hydrogen (secondary N) is 1. The molecule has 1 atom stereocenters. The van der Waals surface area contributed by atoms with Gasteiger partial charge in [-0.05, 0) is 87.9 Å². The Morgan fingerprint density at radius 1 is 0.941 bits per heavy atom. The third kappa shape index (κ3) is 8.16. The molecule has 0 bridgehead atoms. The van der Waals surface area contributed by atoms with Crippen LogP contribution in [-0.4, -0.2) is 70.3 Å². The number of methoxy groups -OCH3 is 1. The Hall–Kier alpha value is -5.39. The molecule has 1 aromatic heterocycles. The summed E-state index contributed by atoms with van der Waals surface area (Å²) in [5, 5.41) is 3.42. The molecule has 12 heteroatoms. The summed E-state index contributed by atoms with van der Waals surface area (Å²) >= 11 is 0. The van der Waals surface area contributed by atoms with E-state index in [1.54, 1.807) is 53.4 Å². The average Bonchev–Trinajstić information content (AvgIpc) is 3.79. The van der Waals surface area contributed by atoms with Crippen LogP contribution in [-0.2, 0) is 27.2 Å². The Balaban J connectivity index is 1.12. The van der Waals surface area contributed by atoms with Crippen LogP contribution in [0.15, 0.2) is 67.0 Å². The summed E-state index contributed by atoms with van der Waals surface area (Å²) in [6, 6.07) is 15.8. The fourth-order valence-corrected chi connectivity index (χ4v) is 6.34. The molecule has 51 heavy (non-hydrogen) atoms. The molecule has 1 N–H and O–H groups in total. The molecule has 1 saturated heterocycles. The Bertz CT molecular complexity index is 1950. The summed E-state index contributed by atoms with van der Waals surface area (Å²) in [6.07, 6.45) is 3.73. The van der Waals surface area contributed by atoms with Crippen molar-refractivity contribution < 1.29 is 37.8 Å². The van der Waals surface area contributed by atoms with Crippen molar-refractivity contribution in [1.82, 2.24) is 20.2 Å². The SMILES string of the molecule is COc1cc2ncnc(Oc3ccc(CC(=O)C4(C(=O)Cc5ccc(F)cc5)CC4)cc3)c2cc1C(=O)NC[C@H]1CCCN1C(=O)OC(C)(C)C. The van der Waals surface area contributed by atoms with Crippen molar-refractivity contribution in [2.75, 3.05) is 20.2 Å². The van der Waals surface area contributed by atoms with Crippen molar-refractivity contribution >= 4 is 34.5 Å². The van der Waals surface area contributed by atoms with Gasteiger partial charge in [-0.15, -0.1) is 0 Å². The van der Waals surface area contributed by atoms with Crippen LogP contribution in [0.2, 0.25) is 0 Å². The lowest BCUT2D eigenvalue weighted by atomic mass is 9.88. The zero-order valence-electron chi connectivity index (χ0n) is 29.2. The highest BCUT2D eigenvalue weighted by molar-refractivity contribution is 6.11.